The average molecular weight is 255 g/mol. The van der Waals surface area contributed by atoms with Gasteiger partial charge >= 0.3 is 0 Å². The fraction of sp³-hybridized carbons (Fsp3) is 0.462. The molecule has 1 aromatic carbocycles. The van der Waals surface area contributed by atoms with Gasteiger partial charge in [-0.1, -0.05) is 26.7 Å². The maximum Gasteiger partial charge on any atom is 0.254 e. The van der Waals surface area contributed by atoms with Gasteiger partial charge in [-0.15, -0.1) is 12.6 Å². The van der Waals surface area contributed by atoms with E-state index in [0.29, 0.717) is 17.4 Å². The van der Waals surface area contributed by atoms with Crippen molar-refractivity contribution in [2.24, 2.45) is 5.92 Å². The Balaban J connectivity index is 2.66. The van der Waals surface area contributed by atoms with E-state index in [1.54, 1.807) is 0 Å². The number of hydrogen-bond acceptors (Lipinski definition) is 2. The molecule has 0 aliphatic heterocycles. The van der Waals surface area contributed by atoms with E-state index >= 15 is 0 Å². The predicted octanol–water partition coefficient (Wildman–Crippen LogP) is 3.28. The van der Waals surface area contributed by atoms with Crippen LogP contribution in [-0.4, -0.2) is 12.5 Å². The summed E-state index contributed by atoms with van der Waals surface area (Å²) in [5.41, 5.74) is 0.0588. The summed E-state index contributed by atoms with van der Waals surface area (Å²) in [6.45, 7) is 4.74. The Hall–Kier alpha value is -1.03. The average Bonchev–Trinajstić information content (AvgIpc) is 2.33. The van der Waals surface area contributed by atoms with E-state index in [2.05, 4.69) is 31.8 Å². The molecule has 0 aliphatic carbocycles. The molecule has 1 rings (SSSR count). The smallest absolute Gasteiger partial charge is 0.254 e. The summed E-state index contributed by atoms with van der Waals surface area (Å²) < 4.78 is 13.4. The third kappa shape index (κ3) is 4.04. The highest BCUT2D eigenvalue weighted by Gasteiger charge is 2.13. The molecule has 0 saturated heterocycles. The van der Waals surface area contributed by atoms with Crippen LogP contribution in [0.4, 0.5) is 4.39 Å². The molecule has 2 nitrogen and oxygen atoms in total. The first-order chi connectivity index (χ1) is 8.08. The maximum atomic E-state index is 13.4. The van der Waals surface area contributed by atoms with E-state index in [9.17, 15) is 9.18 Å². The fourth-order valence-corrected chi connectivity index (χ4v) is 1.80. The third-order valence-corrected chi connectivity index (χ3v) is 3.18. The Kier molecular flexibility index (Phi) is 5.48. The quantitative estimate of drug-likeness (QED) is 0.777. The van der Waals surface area contributed by atoms with Crippen LogP contribution in [0, 0.1) is 11.7 Å². The van der Waals surface area contributed by atoms with Crippen molar-refractivity contribution in [1.29, 1.82) is 0 Å². The van der Waals surface area contributed by atoms with Crippen LogP contribution < -0.4 is 5.32 Å². The Bertz CT molecular complexity index is 391. The summed E-state index contributed by atoms with van der Waals surface area (Å²) in [5, 5.41) is 2.76. The van der Waals surface area contributed by atoms with E-state index in [4.69, 9.17) is 0 Å². The van der Waals surface area contributed by atoms with Crippen molar-refractivity contribution in [3.05, 3.63) is 29.6 Å². The van der Waals surface area contributed by atoms with Gasteiger partial charge in [0.05, 0.1) is 5.56 Å². The largest absolute Gasteiger partial charge is 0.352 e. The van der Waals surface area contributed by atoms with Crippen LogP contribution in [0.25, 0.3) is 0 Å². The van der Waals surface area contributed by atoms with Crippen LogP contribution in [0.5, 0.6) is 0 Å². The molecule has 0 atom stereocenters. The van der Waals surface area contributed by atoms with Gasteiger partial charge in [0, 0.05) is 11.4 Å². The molecule has 1 aromatic rings. The second kappa shape index (κ2) is 6.64. The molecule has 0 radical (unpaired) electrons. The highest BCUT2D eigenvalue weighted by atomic mass is 32.1. The number of carbonyl (C=O) groups excluding carboxylic acids is 1. The second-order valence-electron chi connectivity index (χ2n) is 4.06. The lowest BCUT2D eigenvalue weighted by Crippen LogP contribution is -2.29. The maximum absolute atomic E-state index is 13.4. The molecular weight excluding hydrogens is 237 g/mol. The zero-order valence-electron chi connectivity index (χ0n) is 10.2. The second-order valence-corrected chi connectivity index (χ2v) is 4.57. The lowest BCUT2D eigenvalue weighted by Gasteiger charge is -2.13. The number of halogens is 1. The minimum Gasteiger partial charge on any atom is -0.352 e. The summed E-state index contributed by atoms with van der Waals surface area (Å²) in [5.74, 6) is -0.434. The predicted molar refractivity (Wildman–Crippen MR) is 70.1 cm³/mol. The topological polar surface area (TPSA) is 29.1 Å². The molecule has 0 saturated carbocycles. The summed E-state index contributed by atoms with van der Waals surface area (Å²) in [4.78, 5) is 12.4. The van der Waals surface area contributed by atoms with E-state index in [1.807, 2.05) is 0 Å². The molecule has 17 heavy (non-hydrogen) atoms. The van der Waals surface area contributed by atoms with Gasteiger partial charge in [-0.25, -0.2) is 4.39 Å². The van der Waals surface area contributed by atoms with Crippen LogP contribution in [0.15, 0.2) is 23.1 Å². The Morgan fingerprint density at radius 1 is 1.41 bits per heavy atom. The number of amides is 1. The zero-order chi connectivity index (χ0) is 12.8. The molecule has 0 aliphatic rings. The van der Waals surface area contributed by atoms with Crippen molar-refractivity contribution in [3.63, 3.8) is 0 Å². The van der Waals surface area contributed by atoms with Gasteiger partial charge < -0.3 is 5.32 Å². The molecule has 4 heteroatoms. The first-order valence-corrected chi connectivity index (χ1v) is 6.29. The number of rotatable bonds is 5. The number of nitrogens with one attached hydrogen (secondary N) is 1. The van der Waals surface area contributed by atoms with Gasteiger partial charge in [0.25, 0.3) is 5.91 Å². The van der Waals surface area contributed by atoms with Crippen molar-refractivity contribution in [3.8, 4) is 0 Å². The number of thiol groups is 1. The molecule has 94 valence electrons. The molecule has 0 fully saturated rings. The first kappa shape index (κ1) is 14.0. The van der Waals surface area contributed by atoms with E-state index in [0.717, 1.165) is 12.8 Å². The van der Waals surface area contributed by atoms with Crippen LogP contribution in [0.2, 0.25) is 0 Å². The van der Waals surface area contributed by atoms with Gasteiger partial charge in [-0.05, 0) is 24.1 Å². The standard InChI is InChI=1S/C13H18FNOS/c1-3-9(4-2)8-15-13(16)11-7-10(17)5-6-12(11)14/h5-7,9,17H,3-4,8H2,1-2H3,(H,15,16). The molecule has 0 aromatic heterocycles. The highest BCUT2D eigenvalue weighted by molar-refractivity contribution is 7.80. The van der Waals surface area contributed by atoms with Gasteiger partial charge in [-0.3, -0.25) is 4.79 Å². The number of hydrogen-bond donors (Lipinski definition) is 2. The van der Waals surface area contributed by atoms with Gasteiger partial charge in [0.2, 0.25) is 0 Å². The monoisotopic (exact) mass is 255 g/mol. The van der Waals surface area contributed by atoms with E-state index < -0.39 is 5.82 Å². The van der Waals surface area contributed by atoms with E-state index in [1.165, 1.54) is 18.2 Å². The highest BCUT2D eigenvalue weighted by Crippen LogP contribution is 2.14. The van der Waals surface area contributed by atoms with Gasteiger partial charge in [0.15, 0.2) is 0 Å². The molecule has 0 spiro atoms. The summed E-state index contributed by atoms with van der Waals surface area (Å²) in [7, 11) is 0. The Labute approximate surface area is 107 Å². The molecular formula is C13H18FNOS. The van der Waals surface area contributed by atoms with Crippen LogP contribution in [0.1, 0.15) is 37.0 Å². The van der Waals surface area contributed by atoms with Crippen LogP contribution in [-0.2, 0) is 0 Å². The molecule has 0 unspecified atom stereocenters. The Morgan fingerprint density at radius 3 is 2.65 bits per heavy atom. The van der Waals surface area contributed by atoms with Crippen LogP contribution in [0.3, 0.4) is 0 Å². The molecule has 1 N–H and O–H groups in total. The van der Waals surface area contributed by atoms with Crippen molar-refractivity contribution in [2.45, 2.75) is 31.6 Å². The van der Waals surface area contributed by atoms with E-state index in [-0.39, 0.29) is 11.5 Å². The molecule has 0 heterocycles. The van der Waals surface area contributed by atoms with Gasteiger partial charge in [-0.2, -0.15) is 0 Å². The van der Waals surface area contributed by atoms with Crippen molar-refractivity contribution in [1.82, 2.24) is 5.32 Å². The van der Waals surface area contributed by atoms with Crippen molar-refractivity contribution < 1.29 is 9.18 Å². The van der Waals surface area contributed by atoms with Gasteiger partial charge in [0.1, 0.15) is 5.82 Å². The normalized spacial score (nSPS) is 10.6. The first-order valence-electron chi connectivity index (χ1n) is 5.85. The minimum atomic E-state index is -0.509. The molecule has 1 amide bonds. The summed E-state index contributed by atoms with van der Waals surface area (Å²) in [6.07, 6.45) is 2.01. The molecule has 0 bridgehead atoms. The lowest BCUT2D eigenvalue weighted by atomic mass is 10.0. The number of carbonyl (C=O) groups is 1. The van der Waals surface area contributed by atoms with Crippen LogP contribution >= 0.6 is 12.6 Å². The minimum absolute atomic E-state index is 0.0588. The van der Waals surface area contributed by atoms with Crippen molar-refractivity contribution in [2.75, 3.05) is 6.54 Å². The number of benzene rings is 1. The summed E-state index contributed by atoms with van der Waals surface area (Å²) >= 11 is 4.09. The Morgan fingerprint density at radius 2 is 2.06 bits per heavy atom. The van der Waals surface area contributed by atoms with Crippen molar-refractivity contribution >= 4 is 18.5 Å². The lowest BCUT2D eigenvalue weighted by molar-refractivity contribution is 0.0942. The zero-order valence-corrected chi connectivity index (χ0v) is 11.1. The fourth-order valence-electron chi connectivity index (χ4n) is 1.60. The SMILES string of the molecule is CCC(CC)CNC(=O)c1cc(S)ccc1F. The third-order valence-electron chi connectivity index (χ3n) is 2.90. The summed E-state index contributed by atoms with van der Waals surface area (Å²) in [6, 6.07) is 4.23.